The van der Waals surface area contributed by atoms with Crippen molar-refractivity contribution in [1.29, 1.82) is 0 Å². The van der Waals surface area contributed by atoms with Gasteiger partial charge in [0.05, 0.1) is 0 Å². The topological polar surface area (TPSA) is 29.3 Å². The minimum absolute atomic E-state index is 0.851. The Hall–Kier alpha value is -0.720. The maximum atomic E-state index is 6.11. The smallest absolute Gasteiger partial charge is 0.0466 e. The van der Waals surface area contributed by atoms with Crippen molar-refractivity contribution >= 4 is 40.0 Å². The third-order valence-electron chi connectivity index (χ3n) is 2.99. The molecule has 0 radical (unpaired) electrons. The molecular formula is C16H19IN2S. The number of hydrogen-bond donors (Lipinski definition) is 1. The summed E-state index contributed by atoms with van der Waals surface area (Å²) in [5.74, 6) is 0. The van der Waals surface area contributed by atoms with Crippen LogP contribution < -0.4 is 5.73 Å². The zero-order valence-electron chi connectivity index (χ0n) is 11.8. The van der Waals surface area contributed by atoms with Gasteiger partial charge in [-0.25, -0.2) is 0 Å². The monoisotopic (exact) mass is 398 g/mol. The van der Waals surface area contributed by atoms with Crippen molar-refractivity contribution in [3.63, 3.8) is 0 Å². The maximum Gasteiger partial charge on any atom is 0.0466 e. The third-order valence-corrected chi connectivity index (χ3v) is 4.87. The molecule has 2 rings (SSSR count). The summed E-state index contributed by atoms with van der Waals surface area (Å²) in [6, 6.07) is 14.8. The lowest BCUT2D eigenvalue weighted by Gasteiger charge is -2.13. The Morgan fingerprint density at radius 2 is 1.85 bits per heavy atom. The van der Waals surface area contributed by atoms with Gasteiger partial charge in [0.25, 0.3) is 0 Å². The second kappa shape index (κ2) is 7.33. The molecule has 20 heavy (non-hydrogen) atoms. The van der Waals surface area contributed by atoms with Crippen LogP contribution in [0.25, 0.3) is 0 Å². The molecule has 2 N–H and O–H groups in total. The van der Waals surface area contributed by atoms with Gasteiger partial charge in [-0.3, -0.25) is 0 Å². The highest BCUT2D eigenvalue weighted by Crippen LogP contribution is 2.34. The Balaban J connectivity index is 2.20. The van der Waals surface area contributed by atoms with Gasteiger partial charge in [0.2, 0.25) is 0 Å². The number of rotatable bonds is 5. The Morgan fingerprint density at radius 3 is 2.55 bits per heavy atom. The summed E-state index contributed by atoms with van der Waals surface area (Å²) in [5.41, 5.74) is 8.34. The molecule has 0 aliphatic heterocycles. The normalized spacial score (nSPS) is 11.0. The molecule has 0 aliphatic carbocycles. The summed E-state index contributed by atoms with van der Waals surface area (Å²) in [5, 5.41) is 0. The molecule has 0 amide bonds. The molecule has 0 bridgehead atoms. The van der Waals surface area contributed by atoms with Crippen LogP contribution in [-0.2, 0) is 6.42 Å². The highest BCUT2D eigenvalue weighted by Gasteiger charge is 2.07. The van der Waals surface area contributed by atoms with E-state index in [9.17, 15) is 0 Å². The summed E-state index contributed by atoms with van der Waals surface area (Å²) in [7, 11) is 4.21. The third kappa shape index (κ3) is 4.40. The summed E-state index contributed by atoms with van der Waals surface area (Å²) in [6.07, 6.45) is 1.06. The summed E-state index contributed by atoms with van der Waals surface area (Å²) >= 11 is 4.04. The van der Waals surface area contributed by atoms with E-state index in [1.54, 1.807) is 11.8 Å². The largest absolute Gasteiger partial charge is 0.398 e. The van der Waals surface area contributed by atoms with E-state index in [0.29, 0.717) is 0 Å². The minimum atomic E-state index is 0.851. The predicted molar refractivity (Wildman–Crippen MR) is 96.4 cm³/mol. The van der Waals surface area contributed by atoms with Gasteiger partial charge in [-0.15, -0.1) is 0 Å². The van der Waals surface area contributed by atoms with Crippen molar-refractivity contribution in [2.24, 2.45) is 0 Å². The average molecular weight is 398 g/mol. The van der Waals surface area contributed by atoms with E-state index >= 15 is 0 Å². The molecule has 0 heterocycles. The second-order valence-electron chi connectivity index (χ2n) is 4.95. The molecule has 0 aliphatic rings. The molecule has 0 saturated carbocycles. The van der Waals surface area contributed by atoms with Crippen LogP contribution in [0, 0.1) is 3.57 Å². The molecule has 0 atom stereocenters. The Morgan fingerprint density at radius 1 is 1.10 bits per heavy atom. The molecule has 106 valence electrons. The van der Waals surface area contributed by atoms with Crippen LogP contribution in [-0.4, -0.2) is 25.5 Å². The first-order valence-electron chi connectivity index (χ1n) is 6.52. The van der Waals surface area contributed by atoms with Crippen molar-refractivity contribution in [3.8, 4) is 0 Å². The first-order valence-corrected chi connectivity index (χ1v) is 8.41. The predicted octanol–water partition coefficient (Wildman–Crippen LogP) is 4.13. The number of nitrogen functional groups attached to an aromatic ring is 1. The van der Waals surface area contributed by atoms with Gasteiger partial charge in [0.1, 0.15) is 0 Å². The van der Waals surface area contributed by atoms with Crippen LogP contribution in [0.1, 0.15) is 5.56 Å². The Labute approximate surface area is 138 Å². The van der Waals surface area contributed by atoms with Gasteiger partial charge >= 0.3 is 0 Å². The highest BCUT2D eigenvalue weighted by atomic mass is 127. The van der Waals surface area contributed by atoms with E-state index in [2.05, 4.69) is 78.0 Å². The number of likely N-dealkylation sites (N-methyl/N-ethyl adjacent to an activating group) is 1. The quantitative estimate of drug-likeness (QED) is 0.607. The SMILES string of the molecule is CN(C)CCc1ccccc1Sc1ccc(I)cc1N. The molecule has 2 aromatic rings. The van der Waals surface area contributed by atoms with Crippen LogP contribution in [0.15, 0.2) is 52.3 Å². The van der Waals surface area contributed by atoms with E-state index in [0.717, 1.165) is 23.5 Å². The van der Waals surface area contributed by atoms with Crippen LogP contribution in [0.4, 0.5) is 5.69 Å². The fraction of sp³-hybridized carbons (Fsp3) is 0.250. The van der Waals surface area contributed by atoms with Crippen molar-refractivity contribution < 1.29 is 0 Å². The van der Waals surface area contributed by atoms with Crippen LogP contribution >= 0.6 is 34.4 Å². The van der Waals surface area contributed by atoms with Gasteiger partial charge in [0.15, 0.2) is 0 Å². The van der Waals surface area contributed by atoms with Crippen molar-refractivity contribution in [3.05, 3.63) is 51.6 Å². The molecule has 2 nitrogen and oxygen atoms in total. The minimum Gasteiger partial charge on any atom is -0.398 e. The molecule has 0 saturated heterocycles. The lowest BCUT2D eigenvalue weighted by atomic mass is 10.1. The lowest BCUT2D eigenvalue weighted by molar-refractivity contribution is 0.412. The van der Waals surface area contributed by atoms with Crippen LogP contribution in [0.3, 0.4) is 0 Å². The molecular weight excluding hydrogens is 379 g/mol. The number of nitrogens with two attached hydrogens (primary N) is 1. The van der Waals surface area contributed by atoms with Gasteiger partial charge in [-0.05, 0) is 72.9 Å². The van der Waals surface area contributed by atoms with Gasteiger partial charge in [-0.1, -0.05) is 30.0 Å². The first-order chi connectivity index (χ1) is 9.56. The molecule has 0 spiro atoms. The maximum absolute atomic E-state index is 6.11. The molecule has 0 fully saturated rings. The fourth-order valence-corrected chi connectivity index (χ4v) is 3.40. The second-order valence-corrected chi connectivity index (χ2v) is 7.27. The van der Waals surface area contributed by atoms with Gasteiger partial charge in [0, 0.05) is 25.6 Å². The number of anilines is 1. The zero-order valence-corrected chi connectivity index (χ0v) is 14.7. The van der Waals surface area contributed by atoms with E-state index in [4.69, 9.17) is 5.73 Å². The summed E-state index contributed by atoms with van der Waals surface area (Å²) in [6.45, 7) is 1.06. The van der Waals surface area contributed by atoms with E-state index in [1.807, 2.05) is 6.07 Å². The fourth-order valence-electron chi connectivity index (χ4n) is 1.88. The number of benzene rings is 2. The summed E-state index contributed by atoms with van der Waals surface area (Å²) < 4.78 is 1.17. The van der Waals surface area contributed by atoms with Gasteiger partial charge < -0.3 is 10.6 Å². The number of hydrogen-bond acceptors (Lipinski definition) is 3. The van der Waals surface area contributed by atoms with Crippen LogP contribution in [0.2, 0.25) is 0 Å². The number of nitrogens with zero attached hydrogens (tertiary/aromatic N) is 1. The molecule has 0 unspecified atom stereocenters. The van der Waals surface area contributed by atoms with Crippen molar-refractivity contribution in [1.82, 2.24) is 4.90 Å². The highest BCUT2D eigenvalue weighted by molar-refractivity contribution is 14.1. The van der Waals surface area contributed by atoms with Crippen molar-refractivity contribution in [2.45, 2.75) is 16.2 Å². The van der Waals surface area contributed by atoms with E-state index < -0.39 is 0 Å². The van der Waals surface area contributed by atoms with Crippen LogP contribution in [0.5, 0.6) is 0 Å². The molecule has 0 aromatic heterocycles. The Kier molecular flexibility index (Phi) is 5.74. The molecule has 4 heteroatoms. The first kappa shape index (κ1) is 15.7. The van der Waals surface area contributed by atoms with Crippen molar-refractivity contribution in [2.75, 3.05) is 26.4 Å². The lowest BCUT2D eigenvalue weighted by Crippen LogP contribution is -2.15. The van der Waals surface area contributed by atoms with Gasteiger partial charge in [-0.2, -0.15) is 0 Å². The summed E-state index contributed by atoms with van der Waals surface area (Å²) in [4.78, 5) is 4.63. The van der Waals surface area contributed by atoms with E-state index in [-0.39, 0.29) is 0 Å². The van der Waals surface area contributed by atoms with E-state index in [1.165, 1.54) is 14.0 Å². The Bertz CT molecular complexity index is 584. The standard InChI is InChI=1S/C16H19IN2S/c1-19(2)10-9-12-5-3-4-6-15(12)20-16-8-7-13(17)11-14(16)18/h3-8,11H,9-10,18H2,1-2H3. The number of halogens is 1. The molecule has 2 aromatic carbocycles. The average Bonchev–Trinajstić information content (AvgIpc) is 2.41. The zero-order chi connectivity index (χ0) is 14.5.